The number of benzene rings is 1. The second-order valence-electron chi connectivity index (χ2n) is 5.29. The van der Waals surface area contributed by atoms with Crippen molar-refractivity contribution in [1.29, 1.82) is 0 Å². The van der Waals surface area contributed by atoms with Crippen LogP contribution in [0.3, 0.4) is 0 Å². The third-order valence-electron chi connectivity index (χ3n) is 3.70. The second-order valence-corrected chi connectivity index (χ2v) is 7.00. The topological polar surface area (TPSA) is 12.0 Å². The van der Waals surface area contributed by atoms with Crippen LogP contribution in [0.5, 0.6) is 0 Å². The van der Waals surface area contributed by atoms with E-state index in [2.05, 4.69) is 37.2 Å². The van der Waals surface area contributed by atoms with Gasteiger partial charge in [-0.15, -0.1) is 0 Å². The zero-order valence-electron chi connectivity index (χ0n) is 11.0. The Morgan fingerprint density at radius 3 is 2.20 bits per heavy atom. The number of hydrogen-bond acceptors (Lipinski definition) is 1. The maximum atomic E-state index is 13.1. The molecule has 0 aromatic heterocycles. The van der Waals surface area contributed by atoms with Crippen LogP contribution < -0.4 is 5.32 Å². The monoisotopic (exact) mass is 413 g/mol. The highest BCUT2D eigenvalue weighted by Crippen LogP contribution is 2.41. The maximum absolute atomic E-state index is 13.1. The van der Waals surface area contributed by atoms with Gasteiger partial charge in [0.25, 0.3) is 0 Å². The molecule has 1 N–H and O–H groups in total. The summed E-state index contributed by atoms with van der Waals surface area (Å²) in [6.45, 7) is 1.94. The van der Waals surface area contributed by atoms with Crippen molar-refractivity contribution < 1.29 is 13.2 Å². The molecule has 1 aromatic carbocycles. The summed E-state index contributed by atoms with van der Waals surface area (Å²) in [5, 5.41) is 3.09. The fourth-order valence-corrected chi connectivity index (χ4v) is 4.36. The lowest BCUT2D eigenvalue weighted by Gasteiger charge is -2.34. The lowest BCUT2D eigenvalue weighted by molar-refractivity contribution is -0.184. The summed E-state index contributed by atoms with van der Waals surface area (Å²) < 4.78 is 40.9. The van der Waals surface area contributed by atoms with Crippen molar-refractivity contribution in [3.05, 3.63) is 26.6 Å². The number of nitrogens with one attached hydrogen (secondary N) is 1. The van der Waals surface area contributed by atoms with E-state index in [1.165, 1.54) is 0 Å². The molecule has 0 radical (unpaired) electrons. The van der Waals surface area contributed by atoms with Gasteiger partial charge < -0.3 is 5.32 Å². The molecule has 1 aliphatic carbocycles. The predicted octanol–water partition coefficient (Wildman–Crippen LogP) is 6.05. The summed E-state index contributed by atoms with van der Waals surface area (Å²) in [5.41, 5.74) is 1.75. The van der Waals surface area contributed by atoms with E-state index in [4.69, 9.17) is 0 Å². The van der Waals surface area contributed by atoms with Crippen molar-refractivity contribution in [2.24, 2.45) is 5.92 Å². The van der Waals surface area contributed by atoms with Gasteiger partial charge in [0.2, 0.25) is 0 Å². The van der Waals surface area contributed by atoms with Gasteiger partial charge in [-0.1, -0.05) is 12.8 Å². The van der Waals surface area contributed by atoms with Crippen LogP contribution in [0.4, 0.5) is 18.9 Å². The minimum Gasteiger partial charge on any atom is -0.380 e. The number of alkyl halides is 3. The van der Waals surface area contributed by atoms with Crippen molar-refractivity contribution >= 4 is 37.5 Å². The van der Waals surface area contributed by atoms with Gasteiger partial charge in [0.1, 0.15) is 0 Å². The van der Waals surface area contributed by atoms with Crippen LogP contribution in [-0.2, 0) is 0 Å². The molecule has 1 aromatic rings. The molecular weight excluding hydrogens is 399 g/mol. The highest BCUT2D eigenvalue weighted by atomic mass is 79.9. The predicted molar refractivity (Wildman–Crippen MR) is 82.0 cm³/mol. The normalized spacial score (nSPS) is 23.7. The summed E-state index contributed by atoms with van der Waals surface area (Å²) >= 11 is 6.84. The molecule has 2 rings (SSSR count). The van der Waals surface area contributed by atoms with Gasteiger partial charge in [-0.25, -0.2) is 0 Å². The summed E-state index contributed by atoms with van der Waals surface area (Å²) in [4.78, 5) is 0. The molecule has 20 heavy (non-hydrogen) atoms. The van der Waals surface area contributed by atoms with Gasteiger partial charge in [0.15, 0.2) is 0 Å². The third-order valence-corrected chi connectivity index (χ3v) is 4.95. The van der Waals surface area contributed by atoms with Crippen molar-refractivity contribution in [3.63, 3.8) is 0 Å². The quantitative estimate of drug-likeness (QED) is 0.620. The lowest BCUT2D eigenvalue weighted by atomic mass is 9.84. The molecule has 0 heterocycles. The largest absolute Gasteiger partial charge is 0.393 e. The minimum absolute atomic E-state index is 0.211. The zero-order valence-corrected chi connectivity index (χ0v) is 14.2. The Hall–Kier alpha value is -0.230. The first-order chi connectivity index (χ1) is 9.29. The van der Waals surface area contributed by atoms with Crippen LogP contribution >= 0.6 is 31.9 Å². The highest BCUT2D eigenvalue weighted by Gasteiger charge is 2.45. The van der Waals surface area contributed by atoms with Crippen molar-refractivity contribution in [2.75, 3.05) is 5.32 Å². The fraction of sp³-hybridized carbons (Fsp3) is 0.571. The summed E-state index contributed by atoms with van der Waals surface area (Å²) in [6, 6.07) is 3.25. The molecule has 1 aliphatic rings. The molecule has 2 atom stereocenters. The Bertz CT molecular complexity index is 465. The first kappa shape index (κ1) is 16.1. The summed E-state index contributed by atoms with van der Waals surface area (Å²) in [5.74, 6) is -1.27. The first-order valence-corrected chi connectivity index (χ1v) is 8.16. The molecule has 0 spiro atoms. The Kier molecular flexibility index (Phi) is 5.05. The number of hydrogen-bond donors (Lipinski definition) is 1. The maximum Gasteiger partial charge on any atom is 0.393 e. The Morgan fingerprint density at radius 2 is 1.65 bits per heavy atom. The van der Waals surface area contributed by atoms with Gasteiger partial charge >= 0.3 is 6.18 Å². The number of rotatable bonds is 2. The smallest absolute Gasteiger partial charge is 0.380 e. The van der Waals surface area contributed by atoms with Gasteiger partial charge in [0.05, 0.1) is 11.6 Å². The van der Waals surface area contributed by atoms with E-state index < -0.39 is 18.1 Å². The van der Waals surface area contributed by atoms with E-state index in [1.54, 1.807) is 0 Å². The van der Waals surface area contributed by atoms with Crippen LogP contribution in [-0.4, -0.2) is 12.2 Å². The van der Waals surface area contributed by atoms with Crippen molar-refractivity contribution in [3.8, 4) is 0 Å². The Morgan fingerprint density at radius 1 is 1.10 bits per heavy atom. The van der Waals surface area contributed by atoms with Gasteiger partial charge in [-0.2, -0.15) is 13.2 Å². The molecule has 112 valence electrons. The van der Waals surface area contributed by atoms with E-state index in [-0.39, 0.29) is 6.42 Å². The van der Waals surface area contributed by atoms with Crippen LogP contribution in [0.1, 0.15) is 31.2 Å². The fourth-order valence-electron chi connectivity index (χ4n) is 2.72. The van der Waals surface area contributed by atoms with Gasteiger partial charge in [0, 0.05) is 15.0 Å². The van der Waals surface area contributed by atoms with E-state index in [0.29, 0.717) is 18.5 Å². The lowest BCUT2D eigenvalue weighted by Crippen LogP contribution is -2.41. The molecule has 6 heteroatoms. The zero-order chi connectivity index (χ0) is 14.9. The number of aryl methyl sites for hydroxylation is 1. The highest BCUT2D eigenvalue weighted by molar-refractivity contribution is 9.11. The molecule has 0 amide bonds. The Labute approximate surface area is 133 Å². The van der Waals surface area contributed by atoms with E-state index in [0.717, 1.165) is 20.9 Å². The average Bonchev–Trinajstić information content (AvgIpc) is 2.33. The van der Waals surface area contributed by atoms with Crippen molar-refractivity contribution in [1.82, 2.24) is 0 Å². The Balaban J connectivity index is 2.23. The standard InChI is InChI=1S/C14H16Br2F3N/c1-8-6-10(15)13(11(16)7-8)20-12-5-3-2-4-9(12)14(17,18)19/h6-7,9,12,20H,2-5H2,1H3. The minimum atomic E-state index is -4.14. The van der Waals surface area contributed by atoms with Crippen LogP contribution in [0.2, 0.25) is 0 Å². The van der Waals surface area contributed by atoms with Crippen LogP contribution in [0, 0.1) is 12.8 Å². The van der Waals surface area contributed by atoms with E-state index >= 15 is 0 Å². The molecule has 2 unspecified atom stereocenters. The molecule has 1 saturated carbocycles. The third kappa shape index (κ3) is 3.70. The van der Waals surface area contributed by atoms with E-state index in [9.17, 15) is 13.2 Å². The van der Waals surface area contributed by atoms with Gasteiger partial charge in [-0.05, 0) is 69.3 Å². The average molecular weight is 415 g/mol. The number of halogens is 5. The molecule has 1 fully saturated rings. The van der Waals surface area contributed by atoms with Gasteiger partial charge in [-0.3, -0.25) is 0 Å². The summed E-state index contributed by atoms with van der Waals surface area (Å²) in [6.07, 6.45) is -1.88. The molecule has 0 saturated heterocycles. The SMILES string of the molecule is Cc1cc(Br)c(NC2CCCCC2C(F)(F)F)c(Br)c1. The molecule has 0 aliphatic heterocycles. The molecule has 1 nitrogen and oxygen atoms in total. The molecular formula is C14H16Br2F3N. The molecule has 0 bridgehead atoms. The van der Waals surface area contributed by atoms with Crippen molar-refractivity contribution in [2.45, 2.75) is 44.8 Å². The van der Waals surface area contributed by atoms with Crippen LogP contribution in [0.25, 0.3) is 0 Å². The second kappa shape index (κ2) is 6.26. The summed E-state index contributed by atoms with van der Waals surface area (Å²) in [7, 11) is 0. The first-order valence-electron chi connectivity index (χ1n) is 6.58. The van der Waals surface area contributed by atoms with E-state index in [1.807, 2.05) is 19.1 Å². The van der Waals surface area contributed by atoms with Crippen LogP contribution in [0.15, 0.2) is 21.1 Å². The number of anilines is 1.